The van der Waals surface area contributed by atoms with Crippen LogP contribution in [0.15, 0.2) is 108 Å². The maximum Gasteiger partial charge on any atom is 0.336 e. The summed E-state index contributed by atoms with van der Waals surface area (Å²) in [4.78, 5) is 33.8. The molecular formula is C39H42N2O7. The lowest BCUT2D eigenvalue weighted by Gasteiger charge is -2.38. The van der Waals surface area contributed by atoms with E-state index in [-0.39, 0.29) is 6.61 Å². The lowest BCUT2D eigenvalue weighted by molar-refractivity contribution is -0.139. The number of carbonyl (C=O) groups is 2. The first kappa shape index (κ1) is 34.0. The number of allylic oxidation sites excluding steroid dienone is 2. The third-order valence-electron chi connectivity index (χ3n) is 8.63. The lowest BCUT2D eigenvalue weighted by atomic mass is 9.79. The van der Waals surface area contributed by atoms with Crippen molar-refractivity contribution in [2.75, 3.05) is 41.1 Å². The van der Waals surface area contributed by atoms with Crippen LogP contribution in [0.1, 0.15) is 43.7 Å². The van der Waals surface area contributed by atoms with Crippen LogP contribution < -0.4 is 14.2 Å². The molecule has 2 heterocycles. The van der Waals surface area contributed by atoms with Crippen LogP contribution in [-0.2, 0) is 25.5 Å². The molecule has 0 fully saturated rings. The number of nitrogens with zero attached hydrogens (tertiary/aromatic N) is 2. The molecule has 0 saturated heterocycles. The Morgan fingerprint density at radius 3 is 2.25 bits per heavy atom. The smallest absolute Gasteiger partial charge is 0.336 e. The molecule has 0 amide bonds. The molecule has 0 radical (unpaired) electrons. The van der Waals surface area contributed by atoms with E-state index in [1.807, 2.05) is 67.3 Å². The molecule has 1 aromatic heterocycles. The molecule has 0 bridgehead atoms. The van der Waals surface area contributed by atoms with E-state index in [9.17, 15) is 9.59 Å². The SMILES string of the molecule is COC(=O)C1=C(C)N(CCCOc2cccc3ccccc23)C(C)=C(C(=O)OCCCc2cccnc2)C1c1ccc(OC)c(OC)c1. The summed E-state index contributed by atoms with van der Waals surface area (Å²) < 4.78 is 28.5. The van der Waals surface area contributed by atoms with E-state index in [4.69, 9.17) is 23.7 Å². The second kappa shape index (κ2) is 16.0. The number of benzene rings is 3. The van der Waals surface area contributed by atoms with Crippen LogP contribution in [0.25, 0.3) is 10.8 Å². The van der Waals surface area contributed by atoms with Crippen molar-refractivity contribution in [1.29, 1.82) is 0 Å². The van der Waals surface area contributed by atoms with Gasteiger partial charge >= 0.3 is 11.9 Å². The summed E-state index contributed by atoms with van der Waals surface area (Å²) in [5.41, 5.74) is 3.85. The third-order valence-corrected chi connectivity index (χ3v) is 8.63. The Kier molecular flexibility index (Phi) is 11.3. The van der Waals surface area contributed by atoms with Gasteiger partial charge < -0.3 is 28.6 Å². The van der Waals surface area contributed by atoms with Crippen molar-refractivity contribution in [3.8, 4) is 17.2 Å². The van der Waals surface area contributed by atoms with Gasteiger partial charge in [0.2, 0.25) is 0 Å². The summed E-state index contributed by atoms with van der Waals surface area (Å²) in [6.45, 7) is 4.91. The van der Waals surface area contributed by atoms with Gasteiger partial charge in [-0.1, -0.05) is 48.5 Å². The number of esters is 2. The first-order valence-electron chi connectivity index (χ1n) is 16.0. The minimum absolute atomic E-state index is 0.207. The van der Waals surface area contributed by atoms with Crippen LogP contribution in [0.4, 0.5) is 0 Å². The lowest BCUT2D eigenvalue weighted by Crippen LogP contribution is -2.36. The average molecular weight is 651 g/mol. The van der Waals surface area contributed by atoms with E-state index in [0.29, 0.717) is 72.0 Å². The molecule has 48 heavy (non-hydrogen) atoms. The van der Waals surface area contributed by atoms with Gasteiger partial charge in [0.25, 0.3) is 0 Å². The minimum atomic E-state index is -0.758. The van der Waals surface area contributed by atoms with E-state index in [2.05, 4.69) is 17.1 Å². The van der Waals surface area contributed by atoms with Crippen LogP contribution >= 0.6 is 0 Å². The fraction of sp³-hybridized carbons (Fsp3) is 0.308. The Bertz CT molecular complexity index is 1810. The molecule has 1 atom stereocenters. The monoisotopic (exact) mass is 650 g/mol. The molecule has 1 unspecified atom stereocenters. The molecule has 1 aliphatic rings. The van der Waals surface area contributed by atoms with E-state index in [0.717, 1.165) is 22.1 Å². The van der Waals surface area contributed by atoms with Crippen molar-refractivity contribution in [3.63, 3.8) is 0 Å². The van der Waals surface area contributed by atoms with Gasteiger partial charge in [-0.25, -0.2) is 9.59 Å². The summed E-state index contributed by atoms with van der Waals surface area (Å²) >= 11 is 0. The van der Waals surface area contributed by atoms with Gasteiger partial charge in [-0.2, -0.15) is 0 Å². The largest absolute Gasteiger partial charge is 0.493 e. The second-order valence-corrected chi connectivity index (χ2v) is 11.5. The predicted octanol–water partition coefficient (Wildman–Crippen LogP) is 7.02. The first-order chi connectivity index (χ1) is 23.4. The molecule has 3 aromatic carbocycles. The predicted molar refractivity (Wildman–Crippen MR) is 184 cm³/mol. The normalized spacial score (nSPS) is 14.6. The Labute approximate surface area is 281 Å². The fourth-order valence-electron chi connectivity index (χ4n) is 6.24. The highest BCUT2D eigenvalue weighted by atomic mass is 16.5. The van der Waals surface area contributed by atoms with Gasteiger partial charge in [-0.3, -0.25) is 4.98 Å². The zero-order chi connectivity index (χ0) is 34.0. The number of carbonyl (C=O) groups excluding carboxylic acids is 2. The number of methoxy groups -OCH3 is 3. The molecule has 5 rings (SSSR count). The Morgan fingerprint density at radius 2 is 1.52 bits per heavy atom. The number of rotatable bonds is 14. The Hall–Kier alpha value is -5.31. The van der Waals surface area contributed by atoms with Crippen molar-refractivity contribution >= 4 is 22.7 Å². The van der Waals surface area contributed by atoms with E-state index in [1.54, 1.807) is 38.7 Å². The molecule has 0 aliphatic carbocycles. The number of fused-ring (bicyclic) bond motifs is 1. The number of hydrogen-bond donors (Lipinski definition) is 0. The molecular weight excluding hydrogens is 608 g/mol. The number of ether oxygens (including phenoxy) is 5. The van der Waals surface area contributed by atoms with Gasteiger partial charge in [-0.05, 0) is 73.9 Å². The van der Waals surface area contributed by atoms with Crippen molar-refractivity contribution in [2.45, 2.75) is 39.0 Å². The van der Waals surface area contributed by atoms with Gasteiger partial charge in [0.1, 0.15) is 5.75 Å². The van der Waals surface area contributed by atoms with Crippen molar-refractivity contribution < 1.29 is 33.3 Å². The third kappa shape index (κ3) is 7.46. The molecule has 9 nitrogen and oxygen atoms in total. The quantitative estimate of drug-likeness (QED) is 0.105. The Morgan fingerprint density at radius 1 is 0.771 bits per heavy atom. The van der Waals surface area contributed by atoms with Gasteiger partial charge in [0.05, 0.1) is 51.6 Å². The van der Waals surface area contributed by atoms with Crippen molar-refractivity contribution in [2.24, 2.45) is 0 Å². The molecule has 9 heteroatoms. The van der Waals surface area contributed by atoms with Gasteiger partial charge in [-0.15, -0.1) is 0 Å². The topological polar surface area (TPSA) is 96.4 Å². The standard InChI is InChI=1S/C39H42N2O7/c1-26-35(38(42)46-5)37(30-18-19-33(44-3)34(24-30)45-4)36(39(43)48-22-10-13-28-12-9-20-40-25-28)27(2)41(26)21-11-23-47-32-17-8-15-29-14-6-7-16-31(29)32/h6-9,12,14-20,24-25,37H,10-11,13,21-23H2,1-5H3. The highest BCUT2D eigenvalue weighted by Gasteiger charge is 2.40. The number of aromatic nitrogens is 1. The molecule has 1 aliphatic heterocycles. The van der Waals surface area contributed by atoms with Crippen LogP contribution in [0, 0.1) is 0 Å². The summed E-state index contributed by atoms with van der Waals surface area (Å²) in [6.07, 6.45) is 5.50. The minimum Gasteiger partial charge on any atom is -0.493 e. The maximum atomic E-state index is 14.1. The van der Waals surface area contributed by atoms with Crippen LogP contribution in [0.3, 0.4) is 0 Å². The maximum absolute atomic E-state index is 14.1. The summed E-state index contributed by atoms with van der Waals surface area (Å²) in [5.74, 6) is 0.0389. The van der Waals surface area contributed by atoms with E-state index < -0.39 is 17.9 Å². The molecule has 250 valence electrons. The molecule has 0 N–H and O–H groups in total. The zero-order valence-electron chi connectivity index (χ0n) is 28.2. The van der Waals surface area contributed by atoms with Crippen molar-refractivity contribution in [3.05, 3.63) is 119 Å². The van der Waals surface area contributed by atoms with Crippen LogP contribution in [-0.4, -0.2) is 62.9 Å². The van der Waals surface area contributed by atoms with Gasteiger partial charge in [0, 0.05) is 35.7 Å². The summed E-state index contributed by atoms with van der Waals surface area (Å²) in [7, 11) is 4.45. The number of aryl methyl sites for hydroxylation is 1. The van der Waals surface area contributed by atoms with E-state index >= 15 is 0 Å². The highest BCUT2D eigenvalue weighted by Crippen LogP contribution is 2.45. The van der Waals surface area contributed by atoms with Crippen LogP contribution in [0.2, 0.25) is 0 Å². The molecule has 4 aromatic rings. The molecule has 0 spiro atoms. The fourth-order valence-corrected chi connectivity index (χ4v) is 6.24. The first-order valence-corrected chi connectivity index (χ1v) is 16.0. The summed E-state index contributed by atoms with van der Waals surface area (Å²) in [6, 6.07) is 23.4. The average Bonchev–Trinajstić information content (AvgIpc) is 3.12. The van der Waals surface area contributed by atoms with Crippen LogP contribution in [0.5, 0.6) is 17.2 Å². The zero-order valence-corrected chi connectivity index (χ0v) is 28.2. The Balaban J connectivity index is 1.44. The summed E-state index contributed by atoms with van der Waals surface area (Å²) in [5, 5.41) is 2.15. The van der Waals surface area contributed by atoms with Crippen molar-refractivity contribution in [1.82, 2.24) is 9.88 Å². The highest BCUT2D eigenvalue weighted by molar-refractivity contribution is 6.00. The second-order valence-electron chi connectivity index (χ2n) is 11.5. The molecule has 0 saturated carbocycles. The van der Waals surface area contributed by atoms with Gasteiger partial charge in [0.15, 0.2) is 11.5 Å². The number of hydrogen-bond acceptors (Lipinski definition) is 9. The van der Waals surface area contributed by atoms with E-state index in [1.165, 1.54) is 7.11 Å². The number of pyridine rings is 1.